The molecule has 1 saturated heterocycles. The number of aryl methyl sites for hydroxylation is 1. The first-order valence-electron chi connectivity index (χ1n) is 14.3. The average molecular weight is 605 g/mol. The van der Waals surface area contributed by atoms with Crippen molar-refractivity contribution >= 4 is 39.9 Å². The largest absolute Gasteiger partial charge is 0.507 e. The Balaban J connectivity index is 1.79. The predicted molar refractivity (Wildman–Crippen MR) is 166 cm³/mol. The Bertz CT molecular complexity index is 1510. The molecule has 0 radical (unpaired) electrons. The number of esters is 1. The van der Waals surface area contributed by atoms with Gasteiger partial charge >= 0.3 is 11.9 Å². The maximum absolute atomic E-state index is 13.6. The number of ketones is 1. The highest BCUT2D eigenvalue weighted by Gasteiger charge is 2.48. The molecule has 1 N–H and O–H groups in total. The van der Waals surface area contributed by atoms with E-state index in [9.17, 15) is 19.5 Å². The van der Waals surface area contributed by atoms with Crippen molar-refractivity contribution in [1.82, 2.24) is 4.98 Å². The number of carbonyl (C=O) groups excluding carboxylic acids is 3. The number of Topliss-reactive ketones (excluding diaryl/α,β-unsaturated/α-hetero) is 1. The van der Waals surface area contributed by atoms with E-state index in [1.165, 1.54) is 11.0 Å². The SMILES string of the molecule is C=CCOC(=O)c1sc(N2C(=O)C(=O)C(=C(O)c3cccc(OCCC)c3)C2c2ccc(OCCCCC)cc2)nc1C. The fourth-order valence-electron chi connectivity index (χ4n) is 4.62. The molecular weight excluding hydrogens is 568 g/mol. The number of rotatable bonds is 14. The fraction of sp³-hybridized carbons (Fsp3) is 0.333. The van der Waals surface area contributed by atoms with Crippen LogP contribution in [0.25, 0.3) is 5.76 Å². The summed E-state index contributed by atoms with van der Waals surface area (Å²) in [4.78, 5) is 45.7. The summed E-state index contributed by atoms with van der Waals surface area (Å²) in [7, 11) is 0. The van der Waals surface area contributed by atoms with E-state index in [1.54, 1.807) is 55.5 Å². The monoisotopic (exact) mass is 604 g/mol. The van der Waals surface area contributed by atoms with E-state index < -0.39 is 23.7 Å². The van der Waals surface area contributed by atoms with E-state index in [0.29, 0.717) is 41.5 Å². The predicted octanol–water partition coefficient (Wildman–Crippen LogP) is 6.78. The van der Waals surface area contributed by atoms with E-state index in [-0.39, 0.29) is 27.9 Å². The molecule has 1 unspecified atom stereocenters. The number of anilines is 1. The van der Waals surface area contributed by atoms with Crippen LogP contribution in [0.3, 0.4) is 0 Å². The molecule has 43 heavy (non-hydrogen) atoms. The lowest BCUT2D eigenvalue weighted by Crippen LogP contribution is -2.29. The van der Waals surface area contributed by atoms with Gasteiger partial charge in [-0.1, -0.05) is 74.9 Å². The summed E-state index contributed by atoms with van der Waals surface area (Å²) in [5.74, 6) is -1.51. The number of aliphatic hydroxyl groups is 1. The number of amides is 1. The Labute approximate surface area is 255 Å². The van der Waals surface area contributed by atoms with Crippen molar-refractivity contribution in [3.05, 3.63) is 88.5 Å². The third-order valence-electron chi connectivity index (χ3n) is 6.75. The van der Waals surface area contributed by atoms with Crippen LogP contribution in [0, 0.1) is 6.92 Å². The van der Waals surface area contributed by atoms with Crippen LogP contribution in [0.15, 0.2) is 66.8 Å². The summed E-state index contributed by atoms with van der Waals surface area (Å²) in [5.41, 5.74) is 1.14. The maximum Gasteiger partial charge on any atom is 0.350 e. The summed E-state index contributed by atoms with van der Waals surface area (Å²) in [6.07, 6.45) is 5.33. The highest BCUT2D eigenvalue weighted by molar-refractivity contribution is 7.17. The molecule has 2 aromatic carbocycles. The molecule has 1 aliphatic rings. The molecule has 1 fully saturated rings. The first-order valence-corrected chi connectivity index (χ1v) is 15.1. The number of thiazole rings is 1. The van der Waals surface area contributed by atoms with Gasteiger partial charge in [0, 0.05) is 5.56 Å². The second-order valence-electron chi connectivity index (χ2n) is 9.97. The van der Waals surface area contributed by atoms with Gasteiger partial charge < -0.3 is 19.3 Å². The van der Waals surface area contributed by atoms with Crippen molar-refractivity contribution in [3.63, 3.8) is 0 Å². The molecule has 10 heteroatoms. The third-order valence-corrected chi connectivity index (χ3v) is 7.88. The number of hydrogen-bond acceptors (Lipinski definition) is 9. The molecule has 0 spiro atoms. The normalized spacial score (nSPS) is 15.9. The van der Waals surface area contributed by atoms with Crippen molar-refractivity contribution in [2.75, 3.05) is 24.7 Å². The zero-order chi connectivity index (χ0) is 30.9. The summed E-state index contributed by atoms with van der Waals surface area (Å²) >= 11 is 0.943. The Morgan fingerprint density at radius 1 is 1.05 bits per heavy atom. The van der Waals surface area contributed by atoms with E-state index in [2.05, 4.69) is 18.5 Å². The van der Waals surface area contributed by atoms with Crippen LogP contribution in [0.5, 0.6) is 11.5 Å². The highest BCUT2D eigenvalue weighted by Crippen LogP contribution is 2.44. The summed E-state index contributed by atoms with van der Waals surface area (Å²) in [5, 5.41) is 11.7. The van der Waals surface area contributed by atoms with E-state index in [4.69, 9.17) is 14.2 Å². The lowest BCUT2D eigenvalue weighted by molar-refractivity contribution is -0.132. The topological polar surface area (TPSA) is 115 Å². The highest BCUT2D eigenvalue weighted by atomic mass is 32.1. The van der Waals surface area contributed by atoms with Crippen molar-refractivity contribution < 1.29 is 33.7 Å². The molecule has 1 aliphatic heterocycles. The summed E-state index contributed by atoms with van der Waals surface area (Å²) in [6.45, 7) is 10.4. The molecular formula is C33H36N2O7S. The van der Waals surface area contributed by atoms with Crippen LogP contribution in [0.2, 0.25) is 0 Å². The Morgan fingerprint density at radius 3 is 2.49 bits per heavy atom. The number of carbonyl (C=O) groups is 3. The molecule has 9 nitrogen and oxygen atoms in total. The van der Waals surface area contributed by atoms with Crippen LogP contribution >= 0.6 is 11.3 Å². The zero-order valence-corrected chi connectivity index (χ0v) is 25.4. The van der Waals surface area contributed by atoms with Gasteiger partial charge in [-0.3, -0.25) is 14.5 Å². The van der Waals surface area contributed by atoms with Crippen molar-refractivity contribution in [3.8, 4) is 11.5 Å². The number of unbranched alkanes of at least 4 members (excludes halogenated alkanes) is 2. The quantitative estimate of drug-likeness (QED) is 0.0535. The van der Waals surface area contributed by atoms with E-state index in [1.807, 2.05) is 6.92 Å². The van der Waals surface area contributed by atoms with Gasteiger partial charge in [-0.15, -0.1) is 0 Å². The van der Waals surface area contributed by atoms with Crippen molar-refractivity contribution in [1.29, 1.82) is 0 Å². The number of benzene rings is 2. The zero-order valence-electron chi connectivity index (χ0n) is 24.6. The molecule has 2 heterocycles. The van der Waals surface area contributed by atoms with Gasteiger partial charge in [0.15, 0.2) is 5.13 Å². The van der Waals surface area contributed by atoms with Crippen LogP contribution in [0.1, 0.15) is 72.1 Å². The number of hydrogen-bond donors (Lipinski definition) is 1. The van der Waals surface area contributed by atoms with Crippen LogP contribution in [-0.4, -0.2) is 47.6 Å². The number of aliphatic hydroxyl groups excluding tert-OH is 1. The van der Waals surface area contributed by atoms with Gasteiger partial charge in [0.25, 0.3) is 5.78 Å². The van der Waals surface area contributed by atoms with E-state index in [0.717, 1.165) is 37.0 Å². The summed E-state index contributed by atoms with van der Waals surface area (Å²) < 4.78 is 16.8. The molecule has 1 amide bonds. The van der Waals surface area contributed by atoms with Gasteiger partial charge in [-0.25, -0.2) is 9.78 Å². The second-order valence-corrected chi connectivity index (χ2v) is 10.9. The third kappa shape index (κ3) is 7.14. The Kier molecular flexibility index (Phi) is 10.7. The van der Waals surface area contributed by atoms with Crippen LogP contribution in [-0.2, 0) is 14.3 Å². The minimum absolute atomic E-state index is 0.0178. The van der Waals surface area contributed by atoms with Crippen LogP contribution < -0.4 is 14.4 Å². The minimum atomic E-state index is -1.02. The first-order chi connectivity index (χ1) is 20.8. The number of ether oxygens (including phenoxy) is 3. The number of nitrogens with zero attached hydrogens (tertiary/aromatic N) is 2. The average Bonchev–Trinajstić information content (AvgIpc) is 3.53. The Morgan fingerprint density at radius 2 is 1.79 bits per heavy atom. The molecule has 1 aromatic heterocycles. The molecule has 226 valence electrons. The Hall–Kier alpha value is -4.44. The second kappa shape index (κ2) is 14.6. The van der Waals surface area contributed by atoms with Gasteiger partial charge in [-0.2, -0.15) is 0 Å². The lowest BCUT2D eigenvalue weighted by Gasteiger charge is -2.23. The molecule has 1 atom stereocenters. The number of aromatic nitrogens is 1. The van der Waals surface area contributed by atoms with Gasteiger partial charge in [0.05, 0.1) is 30.5 Å². The van der Waals surface area contributed by atoms with Crippen molar-refractivity contribution in [2.24, 2.45) is 0 Å². The summed E-state index contributed by atoms with van der Waals surface area (Å²) in [6, 6.07) is 12.8. The van der Waals surface area contributed by atoms with Crippen molar-refractivity contribution in [2.45, 2.75) is 52.5 Å². The first kappa shape index (κ1) is 31.5. The van der Waals surface area contributed by atoms with Gasteiger partial charge in [0.1, 0.15) is 28.7 Å². The standard InChI is InChI=1S/C33H36N2O7S/c1-5-8-9-19-41-24-15-13-22(14-16-24)27-26(28(36)23-11-10-12-25(20-23)40-17-6-2)29(37)31(38)35(27)33-34-21(4)30(43-33)32(39)42-18-7-3/h7,10-16,20,27,36H,3,5-6,8-9,17-19H2,1-2,4H3. The fourth-order valence-corrected chi connectivity index (χ4v) is 5.60. The van der Waals surface area contributed by atoms with Crippen LogP contribution in [0.4, 0.5) is 5.13 Å². The smallest absolute Gasteiger partial charge is 0.350 e. The minimum Gasteiger partial charge on any atom is -0.507 e. The maximum atomic E-state index is 13.6. The molecule has 4 rings (SSSR count). The van der Waals surface area contributed by atoms with Gasteiger partial charge in [-0.05, 0) is 49.6 Å². The molecule has 0 bridgehead atoms. The van der Waals surface area contributed by atoms with Gasteiger partial charge in [0.2, 0.25) is 0 Å². The molecule has 0 saturated carbocycles. The molecule has 3 aromatic rings. The molecule has 0 aliphatic carbocycles. The lowest BCUT2D eigenvalue weighted by atomic mass is 9.95. The van der Waals surface area contributed by atoms with E-state index >= 15 is 0 Å².